The van der Waals surface area contributed by atoms with Crippen LogP contribution >= 0.6 is 0 Å². The number of hydrogen-bond acceptors (Lipinski definition) is 1. The molecule has 0 saturated carbocycles. The van der Waals surface area contributed by atoms with Crippen LogP contribution in [0, 0.1) is 0 Å². The van der Waals surface area contributed by atoms with Gasteiger partial charge in [0.2, 0.25) is 0 Å². The van der Waals surface area contributed by atoms with Gasteiger partial charge in [0.15, 0.2) is 0 Å². The molecular weight excluding hydrogens is 118 g/mol. The standard InChI is InChI=1S/C2H4O.2K.2H/c1-2-3;;;;/h2H,1H3;;;;/q;2*+1;2*-1. The minimum absolute atomic E-state index is 0. The Balaban J connectivity index is -0.00000000333. The first-order chi connectivity index (χ1) is 1.41. The predicted octanol–water partition coefficient (Wildman–Crippen LogP) is -5.56. The minimum Gasteiger partial charge on any atom is -1.00 e. The molecule has 0 spiro atoms. The normalized spacial score (nSPS) is 2.60. The number of aldehydes is 1. The average molecular weight is 124 g/mol. The molecule has 0 unspecified atom stereocenters. The Morgan fingerprint density at radius 1 is 1.60 bits per heavy atom. The van der Waals surface area contributed by atoms with Crippen molar-refractivity contribution in [3.63, 3.8) is 0 Å². The van der Waals surface area contributed by atoms with Crippen LogP contribution in [0.1, 0.15) is 9.78 Å². The first-order valence-corrected chi connectivity index (χ1v) is 0.813. The Labute approximate surface area is 120 Å². The molecule has 5 heavy (non-hydrogen) atoms. The third-order valence-electron chi connectivity index (χ3n) is 0. The van der Waals surface area contributed by atoms with Gasteiger partial charge in [0, 0.05) is 0 Å². The molecule has 0 aliphatic rings. The van der Waals surface area contributed by atoms with Gasteiger partial charge in [-0.25, -0.2) is 0 Å². The van der Waals surface area contributed by atoms with Gasteiger partial charge in [0.25, 0.3) is 0 Å². The van der Waals surface area contributed by atoms with E-state index in [4.69, 9.17) is 4.79 Å². The zero-order valence-electron chi connectivity index (χ0n) is 5.99. The van der Waals surface area contributed by atoms with Crippen molar-refractivity contribution in [1.82, 2.24) is 0 Å². The van der Waals surface area contributed by atoms with E-state index in [0.29, 0.717) is 0 Å². The van der Waals surface area contributed by atoms with E-state index in [9.17, 15) is 0 Å². The van der Waals surface area contributed by atoms with Gasteiger partial charge in [-0.1, -0.05) is 0 Å². The summed E-state index contributed by atoms with van der Waals surface area (Å²) >= 11 is 0. The smallest absolute Gasteiger partial charge is 1.00 e. The van der Waals surface area contributed by atoms with Crippen LogP contribution in [0.3, 0.4) is 0 Å². The Bertz CT molecular complexity index is 21.2. The fourth-order valence-electron chi connectivity index (χ4n) is 0. The summed E-state index contributed by atoms with van der Waals surface area (Å²) in [6, 6.07) is 0. The Morgan fingerprint density at radius 2 is 1.60 bits per heavy atom. The van der Waals surface area contributed by atoms with Gasteiger partial charge in [-0.05, 0) is 6.92 Å². The second-order valence-electron chi connectivity index (χ2n) is 0.236. The Hall–Kier alpha value is 2.94. The zero-order chi connectivity index (χ0) is 2.71. The van der Waals surface area contributed by atoms with Crippen molar-refractivity contribution in [1.29, 1.82) is 0 Å². The zero-order valence-corrected chi connectivity index (χ0v) is 10.2. The topological polar surface area (TPSA) is 17.1 Å². The number of rotatable bonds is 0. The van der Waals surface area contributed by atoms with Gasteiger partial charge >= 0.3 is 103 Å². The third-order valence-corrected chi connectivity index (χ3v) is 0. The van der Waals surface area contributed by atoms with E-state index in [1.54, 1.807) is 0 Å². The maximum atomic E-state index is 8.81. The molecule has 0 bridgehead atoms. The van der Waals surface area contributed by atoms with Gasteiger partial charge in [0.05, 0.1) is 0 Å². The van der Waals surface area contributed by atoms with E-state index in [0.717, 1.165) is 6.29 Å². The molecule has 3 heteroatoms. The molecule has 0 fully saturated rings. The van der Waals surface area contributed by atoms with Gasteiger partial charge in [-0.3, -0.25) is 0 Å². The molecule has 0 atom stereocenters. The van der Waals surface area contributed by atoms with Gasteiger partial charge in [-0.2, -0.15) is 0 Å². The van der Waals surface area contributed by atoms with E-state index in [-0.39, 0.29) is 106 Å². The summed E-state index contributed by atoms with van der Waals surface area (Å²) in [4.78, 5) is 8.81. The van der Waals surface area contributed by atoms with Crippen LogP contribution in [0.4, 0.5) is 0 Å². The molecule has 0 rings (SSSR count). The van der Waals surface area contributed by atoms with Crippen LogP contribution in [-0.4, -0.2) is 6.29 Å². The monoisotopic (exact) mass is 124 g/mol. The number of hydrogen-bond donors (Lipinski definition) is 0. The van der Waals surface area contributed by atoms with E-state index >= 15 is 0 Å². The molecule has 0 radical (unpaired) electrons. The second-order valence-corrected chi connectivity index (χ2v) is 0.236. The van der Waals surface area contributed by atoms with Crippen molar-refractivity contribution in [3.8, 4) is 0 Å². The maximum Gasteiger partial charge on any atom is 1.00 e. The molecule has 0 aliphatic carbocycles. The molecule has 0 aromatic carbocycles. The summed E-state index contributed by atoms with van der Waals surface area (Å²) in [5.74, 6) is 0. The van der Waals surface area contributed by atoms with Crippen LogP contribution in [0.2, 0.25) is 0 Å². The molecule has 22 valence electrons. The fourth-order valence-corrected chi connectivity index (χ4v) is 0. The summed E-state index contributed by atoms with van der Waals surface area (Å²) in [5.41, 5.74) is 0. The second kappa shape index (κ2) is 15.8. The van der Waals surface area contributed by atoms with Crippen molar-refractivity contribution in [2.24, 2.45) is 0 Å². The summed E-state index contributed by atoms with van der Waals surface area (Å²) in [5, 5.41) is 0. The van der Waals surface area contributed by atoms with Gasteiger partial charge < -0.3 is 7.65 Å². The van der Waals surface area contributed by atoms with E-state index in [2.05, 4.69) is 0 Å². The molecule has 0 aliphatic heterocycles. The van der Waals surface area contributed by atoms with Crippen molar-refractivity contribution < 1.29 is 110 Å². The van der Waals surface area contributed by atoms with Crippen LogP contribution in [0.25, 0.3) is 0 Å². The molecule has 0 N–H and O–H groups in total. The van der Waals surface area contributed by atoms with E-state index in [1.807, 2.05) is 0 Å². The van der Waals surface area contributed by atoms with Crippen molar-refractivity contribution >= 4 is 6.29 Å². The molecule has 0 amide bonds. The molecular formula is C2H6K2O. The first-order valence-electron chi connectivity index (χ1n) is 0.813. The SMILES string of the molecule is CC=O.[H-].[H-].[K+].[K+]. The summed E-state index contributed by atoms with van der Waals surface area (Å²) in [6.07, 6.45) is 0.750. The van der Waals surface area contributed by atoms with E-state index in [1.165, 1.54) is 6.92 Å². The minimum atomic E-state index is 0. The van der Waals surface area contributed by atoms with Gasteiger partial charge in [-0.15, -0.1) is 0 Å². The number of carbonyl (C=O) groups is 1. The quantitative estimate of drug-likeness (QED) is 0.232. The average Bonchev–Trinajstić information content (AvgIpc) is 0.918. The van der Waals surface area contributed by atoms with Crippen LogP contribution in [-0.2, 0) is 4.79 Å². The fraction of sp³-hybridized carbons (Fsp3) is 0.500. The third kappa shape index (κ3) is 19.6. The summed E-state index contributed by atoms with van der Waals surface area (Å²) in [7, 11) is 0. The predicted molar refractivity (Wildman–Crippen MR) is 14.0 cm³/mol. The maximum absolute atomic E-state index is 8.81. The van der Waals surface area contributed by atoms with Crippen molar-refractivity contribution in [2.45, 2.75) is 6.92 Å². The largest absolute Gasteiger partial charge is 1.00 e. The first kappa shape index (κ1) is 15.7. The summed E-state index contributed by atoms with van der Waals surface area (Å²) < 4.78 is 0. The van der Waals surface area contributed by atoms with Crippen molar-refractivity contribution in [2.75, 3.05) is 0 Å². The summed E-state index contributed by atoms with van der Waals surface area (Å²) in [6.45, 7) is 1.44. The van der Waals surface area contributed by atoms with Crippen LogP contribution in [0.5, 0.6) is 0 Å². The Kier molecular flexibility index (Phi) is 49.4. The molecule has 0 saturated heterocycles. The molecule has 0 aromatic heterocycles. The van der Waals surface area contributed by atoms with Crippen molar-refractivity contribution in [3.05, 3.63) is 0 Å². The van der Waals surface area contributed by atoms with Crippen LogP contribution < -0.4 is 103 Å². The van der Waals surface area contributed by atoms with Gasteiger partial charge in [0.1, 0.15) is 6.29 Å². The van der Waals surface area contributed by atoms with E-state index < -0.39 is 0 Å². The Morgan fingerprint density at radius 3 is 1.60 bits per heavy atom. The number of carbonyl (C=O) groups excluding carboxylic acids is 1. The molecule has 0 aromatic rings. The molecule has 0 heterocycles. The molecule has 1 nitrogen and oxygen atoms in total. The van der Waals surface area contributed by atoms with Crippen LogP contribution in [0.15, 0.2) is 0 Å².